The summed E-state index contributed by atoms with van der Waals surface area (Å²) in [6, 6.07) is 9.58. The SMILES string of the molecule is CCc1cccc(NC(=O)c2occc2C)c1. The third kappa shape index (κ3) is 2.56. The maximum Gasteiger partial charge on any atom is 0.291 e. The first-order valence-corrected chi connectivity index (χ1v) is 5.65. The summed E-state index contributed by atoms with van der Waals surface area (Å²) in [5.41, 5.74) is 2.83. The summed E-state index contributed by atoms with van der Waals surface area (Å²) in [6.07, 6.45) is 2.47. The minimum absolute atomic E-state index is 0.208. The molecule has 0 aliphatic heterocycles. The van der Waals surface area contributed by atoms with Gasteiger partial charge in [0.1, 0.15) is 0 Å². The van der Waals surface area contributed by atoms with Gasteiger partial charge in [-0.2, -0.15) is 0 Å². The van der Waals surface area contributed by atoms with Crippen molar-refractivity contribution in [3.63, 3.8) is 0 Å². The molecule has 0 saturated heterocycles. The van der Waals surface area contributed by atoms with Crippen molar-refractivity contribution >= 4 is 11.6 Å². The quantitative estimate of drug-likeness (QED) is 0.876. The Morgan fingerprint density at radius 3 is 2.82 bits per heavy atom. The Bertz CT molecular complexity index is 529. The van der Waals surface area contributed by atoms with E-state index in [0.29, 0.717) is 5.76 Å². The van der Waals surface area contributed by atoms with Gasteiger partial charge < -0.3 is 9.73 Å². The molecule has 17 heavy (non-hydrogen) atoms. The van der Waals surface area contributed by atoms with Crippen LogP contribution in [0.4, 0.5) is 5.69 Å². The number of nitrogens with one attached hydrogen (secondary N) is 1. The topological polar surface area (TPSA) is 42.2 Å². The van der Waals surface area contributed by atoms with E-state index in [1.807, 2.05) is 31.2 Å². The number of furan rings is 1. The van der Waals surface area contributed by atoms with Gasteiger partial charge in [-0.15, -0.1) is 0 Å². The molecule has 1 aromatic heterocycles. The summed E-state index contributed by atoms with van der Waals surface area (Å²) in [4.78, 5) is 11.9. The van der Waals surface area contributed by atoms with Gasteiger partial charge in [-0.3, -0.25) is 4.79 Å². The molecule has 0 fully saturated rings. The number of aryl methyl sites for hydroxylation is 2. The molecule has 1 aromatic carbocycles. The normalized spacial score (nSPS) is 10.2. The molecule has 0 radical (unpaired) electrons. The highest BCUT2D eigenvalue weighted by atomic mass is 16.3. The number of benzene rings is 1. The molecule has 0 saturated carbocycles. The zero-order chi connectivity index (χ0) is 12.3. The predicted molar refractivity (Wildman–Crippen MR) is 67.2 cm³/mol. The van der Waals surface area contributed by atoms with Crippen LogP contribution in [0.1, 0.15) is 28.6 Å². The van der Waals surface area contributed by atoms with Crippen LogP contribution >= 0.6 is 0 Å². The number of anilines is 1. The second-order valence-electron chi connectivity index (χ2n) is 3.94. The summed E-state index contributed by atoms with van der Waals surface area (Å²) < 4.78 is 5.14. The first-order chi connectivity index (χ1) is 8.20. The van der Waals surface area contributed by atoms with E-state index in [9.17, 15) is 4.79 Å². The number of hydrogen-bond donors (Lipinski definition) is 1. The Labute approximate surface area is 100 Å². The van der Waals surface area contributed by atoms with Gasteiger partial charge in [0.2, 0.25) is 0 Å². The van der Waals surface area contributed by atoms with Crippen molar-refractivity contribution in [3.8, 4) is 0 Å². The van der Waals surface area contributed by atoms with Crippen molar-refractivity contribution in [2.45, 2.75) is 20.3 Å². The van der Waals surface area contributed by atoms with Crippen molar-refractivity contribution in [3.05, 3.63) is 53.5 Å². The molecule has 3 nitrogen and oxygen atoms in total. The fourth-order valence-electron chi connectivity index (χ4n) is 1.66. The van der Waals surface area contributed by atoms with Crippen LogP contribution in [0, 0.1) is 6.92 Å². The average molecular weight is 229 g/mol. The summed E-state index contributed by atoms with van der Waals surface area (Å²) >= 11 is 0. The van der Waals surface area contributed by atoms with E-state index in [-0.39, 0.29) is 5.91 Å². The van der Waals surface area contributed by atoms with Crippen molar-refractivity contribution in [1.82, 2.24) is 0 Å². The number of amides is 1. The number of carbonyl (C=O) groups excluding carboxylic acids is 1. The largest absolute Gasteiger partial charge is 0.459 e. The maximum atomic E-state index is 11.9. The average Bonchev–Trinajstić information content (AvgIpc) is 2.76. The summed E-state index contributed by atoms with van der Waals surface area (Å²) in [6.45, 7) is 3.93. The van der Waals surface area contributed by atoms with E-state index in [1.165, 1.54) is 11.8 Å². The molecule has 88 valence electrons. The molecule has 2 aromatic rings. The molecule has 3 heteroatoms. The van der Waals surface area contributed by atoms with Gasteiger partial charge >= 0.3 is 0 Å². The summed E-state index contributed by atoms with van der Waals surface area (Å²) in [5, 5.41) is 2.83. The van der Waals surface area contributed by atoms with Crippen molar-refractivity contribution in [2.75, 3.05) is 5.32 Å². The maximum absolute atomic E-state index is 11.9. The van der Waals surface area contributed by atoms with Crippen LogP contribution in [0.3, 0.4) is 0 Å². The van der Waals surface area contributed by atoms with Gasteiger partial charge in [-0.25, -0.2) is 0 Å². The molecule has 0 atom stereocenters. The molecule has 0 aliphatic rings. The van der Waals surface area contributed by atoms with Crippen LogP contribution in [-0.4, -0.2) is 5.91 Å². The van der Waals surface area contributed by atoms with Gasteiger partial charge in [0.05, 0.1) is 6.26 Å². The van der Waals surface area contributed by atoms with Crippen LogP contribution in [0.25, 0.3) is 0 Å². The lowest BCUT2D eigenvalue weighted by atomic mass is 10.1. The van der Waals surface area contributed by atoms with Gasteiger partial charge in [0.15, 0.2) is 5.76 Å². The monoisotopic (exact) mass is 229 g/mol. The third-order valence-electron chi connectivity index (χ3n) is 2.66. The van der Waals surface area contributed by atoms with Gasteiger partial charge in [-0.1, -0.05) is 19.1 Å². The van der Waals surface area contributed by atoms with Crippen LogP contribution in [0.2, 0.25) is 0 Å². The first kappa shape index (κ1) is 11.5. The van der Waals surface area contributed by atoms with Crippen molar-refractivity contribution in [2.24, 2.45) is 0 Å². The molecule has 0 bridgehead atoms. The number of carbonyl (C=O) groups is 1. The van der Waals surface area contributed by atoms with Crippen LogP contribution in [0.5, 0.6) is 0 Å². The lowest BCUT2D eigenvalue weighted by Crippen LogP contribution is -2.12. The molecule has 1 amide bonds. The minimum atomic E-state index is -0.208. The van der Waals surface area contributed by atoms with E-state index < -0.39 is 0 Å². The van der Waals surface area contributed by atoms with Crippen LogP contribution in [-0.2, 0) is 6.42 Å². The van der Waals surface area contributed by atoms with Crippen LogP contribution in [0.15, 0.2) is 41.0 Å². The Balaban J connectivity index is 2.16. The van der Waals surface area contributed by atoms with Crippen LogP contribution < -0.4 is 5.32 Å². The molecule has 1 N–H and O–H groups in total. The van der Waals surface area contributed by atoms with Gasteiger partial charge in [0.25, 0.3) is 5.91 Å². The third-order valence-corrected chi connectivity index (χ3v) is 2.66. The molecular formula is C14H15NO2. The van der Waals surface area contributed by atoms with E-state index in [0.717, 1.165) is 17.7 Å². The van der Waals surface area contributed by atoms with Crippen molar-refractivity contribution in [1.29, 1.82) is 0 Å². The highest BCUT2D eigenvalue weighted by Gasteiger charge is 2.12. The van der Waals surface area contributed by atoms with E-state index in [1.54, 1.807) is 6.07 Å². The van der Waals surface area contributed by atoms with E-state index in [4.69, 9.17) is 4.42 Å². The summed E-state index contributed by atoms with van der Waals surface area (Å²) in [5.74, 6) is 0.160. The zero-order valence-corrected chi connectivity index (χ0v) is 9.99. The lowest BCUT2D eigenvalue weighted by Gasteiger charge is -2.05. The highest BCUT2D eigenvalue weighted by molar-refractivity contribution is 6.03. The second kappa shape index (κ2) is 4.87. The van der Waals surface area contributed by atoms with E-state index in [2.05, 4.69) is 12.2 Å². The fraction of sp³-hybridized carbons (Fsp3) is 0.214. The smallest absolute Gasteiger partial charge is 0.291 e. The highest BCUT2D eigenvalue weighted by Crippen LogP contribution is 2.15. The lowest BCUT2D eigenvalue weighted by molar-refractivity contribution is 0.0996. The standard InChI is InChI=1S/C14H15NO2/c1-3-11-5-4-6-12(9-11)15-14(16)13-10(2)7-8-17-13/h4-9H,3H2,1-2H3,(H,15,16). The minimum Gasteiger partial charge on any atom is -0.459 e. The van der Waals surface area contributed by atoms with E-state index >= 15 is 0 Å². The number of hydrogen-bond acceptors (Lipinski definition) is 2. The molecular weight excluding hydrogens is 214 g/mol. The Morgan fingerprint density at radius 1 is 1.35 bits per heavy atom. The first-order valence-electron chi connectivity index (χ1n) is 5.65. The van der Waals surface area contributed by atoms with Gasteiger partial charge in [-0.05, 0) is 37.1 Å². The predicted octanol–water partition coefficient (Wildman–Crippen LogP) is 3.40. The zero-order valence-electron chi connectivity index (χ0n) is 9.99. The Hall–Kier alpha value is -2.03. The molecule has 0 unspecified atom stereocenters. The van der Waals surface area contributed by atoms with Gasteiger partial charge in [0, 0.05) is 11.3 Å². The Kier molecular flexibility index (Phi) is 3.28. The molecule has 0 aliphatic carbocycles. The molecule has 1 heterocycles. The summed E-state index contributed by atoms with van der Waals surface area (Å²) in [7, 11) is 0. The number of rotatable bonds is 3. The fourth-order valence-corrected chi connectivity index (χ4v) is 1.66. The Morgan fingerprint density at radius 2 is 2.18 bits per heavy atom. The van der Waals surface area contributed by atoms with Crippen molar-refractivity contribution < 1.29 is 9.21 Å². The second-order valence-corrected chi connectivity index (χ2v) is 3.94. The molecule has 2 rings (SSSR count). The molecule has 0 spiro atoms.